The molecule has 28 heavy (non-hydrogen) atoms. The minimum Gasteiger partial charge on any atom is -0.493 e. The summed E-state index contributed by atoms with van der Waals surface area (Å²) in [4.78, 5) is 13.9. The number of methoxy groups -OCH3 is 3. The molecule has 1 heterocycles. The molecule has 0 fully saturated rings. The first-order valence-electron chi connectivity index (χ1n) is 8.34. The second-order valence-corrected chi connectivity index (χ2v) is 6.38. The lowest BCUT2D eigenvalue weighted by Gasteiger charge is -2.18. The lowest BCUT2D eigenvalue weighted by Crippen LogP contribution is -2.32. The molecule has 2 rings (SSSR count). The summed E-state index contributed by atoms with van der Waals surface area (Å²) < 4.78 is 21.6. The molecule has 150 valence electrons. The van der Waals surface area contributed by atoms with Crippen molar-refractivity contribution in [3.63, 3.8) is 0 Å². The molecule has 8 nitrogen and oxygen atoms in total. The van der Waals surface area contributed by atoms with Crippen LogP contribution in [-0.4, -0.2) is 61.2 Å². The van der Waals surface area contributed by atoms with Crippen LogP contribution in [0.1, 0.15) is 0 Å². The summed E-state index contributed by atoms with van der Waals surface area (Å²) in [6.07, 6.45) is 3.34. The Balaban J connectivity index is 2.14. The monoisotopic (exact) mass is 405 g/mol. The Morgan fingerprint density at radius 3 is 2.21 bits per heavy atom. The SMILES string of the molecule is C=CCN(CC=C)C(=O)CSc1nnc(-c2cc(OC)c(OC)c(OC)c2)o1. The molecule has 0 bridgehead atoms. The normalized spacial score (nSPS) is 10.2. The molecular weight excluding hydrogens is 382 g/mol. The van der Waals surface area contributed by atoms with Crippen LogP contribution in [0.2, 0.25) is 0 Å². The van der Waals surface area contributed by atoms with E-state index in [2.05, 4.69) is 23.4 Å². The largest absolute Gasteiger partial charge is 0.493 e. The standard InChI is InChI=1S/C19H23N3O5S/c1-6-8-22(9-7-2)16(23)12-28-19-21-20-18(27-19)13-10-14(24-3)17(26-5)15(11-13)25-4/h6-7,10-11H,1-2,8-9,12H2,3-5H3. The molecule has 2 aromatic rings. The first-order valence-corrected chi connectivity index (χ1v) is 9.32. The molecule has 0 aliphatic heterocycles. The van der Waals surface area contributed by atoms with E-state index in [1.807, 2.05) is 0 Å². The van der Waals surface area contributed by atoms with Crippen molar-refractivity contribution in [3.05, 3.63) is 37.4 Å². The van der Waals surface area contributed by atoms with Crippen LogP contribution in [0.25, 0.3) is 11.5 Å². The van der Waals surface area contributed by atoms with Crippen molar-refractivity contribution in [2.45, 2.75) is 5.22 Å². The number of amides is 1. The lowest BCUT2D eigenvalue weighted by atomic mass is 10.2. The molecule has 9 heteroatoms. The number of hydrogen-bond acceptors (Lipinski definition) is 8. The van der Waals surface area contributed by atoms with E-state index in [4.69, 9.17) is 18.6 Å². The molecule has 1 aromatic heterocycles. The molecule has 0 saturated carbocycles. The topological polar surface area (TPSA) is 86.9 Å². The van der Waals surface area contributed by atoms with Crippen molar-refractivity contribution in [1.29, 1.82) is 0 Å². The van der Waals surface area contributed by atoms with Crippen LogP contribution in [0.4, 0.5) is 0 Å². The Labute approximate surface area is 168 Å². The quantitative estimate of drug-likeness (QED) is 0.416. The molecule has 0 aliphatic carbocycles. The van der Waals surface area contributed by atoms with Gasteiger partial charge >= 0.3 is 0 Å². The van der Waals surface area contributed by atoms with Crippen molar-refractivity contribution in [3.8, 4) is 28.7 Å². The fraction of sp³-hybridized carbons (Fsp3) is 0.316. The Morgan fingerprint density at radius 1 is 1.11 bits per heavy atom. The number of carbonyl (C=O) groups excluding carboxylic acids is 1. The van der Waals surface area contributed by atoms with Crippen molar-refractivity contribution in [1.82, 2.24) is 15.1 Å². The van der Waals surface area contributed by atoms with E-state index < -0.39 is 0 Å². The van der Waals surface area contributed by atoms with Gasteiger partial charge in [0.1, 0.15) is 0 Å². The summed E-state index contributed by atoms with van der Waals surface area (Å²) in [7, 11) is 4.58. The summed E-state index contributed by atoms with van der Waals surface area (Å²) >= 11 is 1.16. The predicted octanol–water partition coefficient (Wildman–Crippen LogP) is 3.06. The number of aromatic nitrogens is 2. The third-order valence-corrected chi connectivity index (χ3v) is 4.49. The summed E-state index contributed by atoms with van der Waals surface area (Å²) in [5.74, 6) is 1.80. The molecule has 0 aliphatic rings. The summed E-state index contributed by atoms with van der Waals surface area (Å²) in [5, 5.41) is 8.32. The highest BCUT2D eigenvalue weighted by Crippen LogP contribution is 2.41. The molecule has 0 spiro atoms. The summed E-state index contributed by atoms with van der Waals surface area (Å²) in [6.45, 7) is 8.21. The smallest absolute Gasteiger partial charge is 0.277 e. The fourth-order valence-electron chi connectivity index (χ4n) is 2.39. The van der Waals surface area contributed by atoms with Gasteiger partial charge in [-0.05, 0) is 12.1 Å². The first kappa shape index (κ1) is 21.4. The van der Waals surface area contributed by atoms with Gasteiger partial charge in [-0.25, -0.2) is 0 Å². The van der Waals surface area contributed by atoms with E-state index >= 15 is 0 Å². The van der Waals surface area contributed by atoms with Crippen LogP contribution in [0.3, 0.4) is 0 Å². The van der Waals surface area contributed by atoms with Crippen molar-refractivity contribution in [2.75, 3.05) is 40.2 Å². The first-order chi connectivity index (χ1) is 13.6. The van der Waals surface area contributed by atoms with Crippen molar-refractivity contribution < 1.29 is 23.4 Å². The Kier molecular flexibility index (Phi) is 7.94. The van der Waals surface area contributed by atoms with E-state index in [9.17, 15) is 4.79 Å². The highest BCUT2D eigenvalue weighted by molar-refractivity contribution is 7.99. The highest BCUT2D eigenvalue weighted by atomic mass is 32.2. The zero-order valence-electron chi connectivity index (χ0n) is 16.1. The number of thioether (sulfide) groups is 1. The Morgan fingerprint density at radius 2 is 1.71 bits per heavy atom. The second-order valence-electron chi connectivity index (χ2n) is 5.45. The van der Waals surface area contributed by atoms with Gasteiger partial charge < -0.3 is 23.5 Å². The fourth-order valence-corrected chi connectivity index (χ4v) is 3.06. The number of benzene rings is 1. The summed E-state index contributed by atoms with van der Waals surface area (Å²) in [5.41, 5.74) is 0.611. The third-order valence-electron chi connectivity index (χ3n) is 3.69. The predicted molar refractivity (Wildman–Crippen MR) is 107 cm³/mol. The van der Waals surface area contributed by atoms with E-state index in [-0.39, 0.29) is 22.8 Å². The van der Waals surface area contributed by atoms with Crippen LogP contribution in [0.15, 0.2) is 47.1 Å². The van der Waals surface area contributed by atoms with Crippen LogP contribution < -0.4 is 14.2 Å². The molecule has 0 saturated heterocycles. The molecule has 0 unspecified atom stereocenters. The number of nitrogens with zero attached hydrogens (tertiary/aromatic N) is 3. The Hall–Kier alpha value is -2.94. The van der Waals surface area contributed by atoms with Gasteiger partial charge in [-0.1, -0.05) is 23.9 Å². The third kappa shape index (κ3) is 5.07. The number of carbonyl (C=O) groups is 1. The van der Waals surface area contributed by atoms with E-state index in [0.717, 1.165) is 11.8 Å². The maximum absolute atomic E-state index is 12.3. The summed E-state index contributed by atoms with van der Waals surface area (Å²) in [6, 6.07) is 3.43. The van der Waals surface area contributed by atoms with Crippen LogP contribution in [-0.2, 0) is 4.79 Å². The number of hydrogen-bond donors (Lipinski definition) is 0. The van der Waals surface area contributed by atoms with Gasteiger partial charge in [-0.15, -0.1) is 23.4 Å². The number of ether oxygens (including phenoxy) is 3. The number of rotatable bonds is 11. The van der Waals surface area contributed by atoms with Crippen molar-refractivity contribution >= 4 is 17.7 Å². The van der Waals surface area contributed by atoms with Gasteiger partial charge in [-0.3, -0.25) is 4.79 Å². The minimum atomic E-state index is -0.0719. The maximum atomic E-state index is 12.3. The van der Waals surface area contributed by atoms with Crippen LogP contribution in [0.5, 0.6) is 17.2 Å². The minimum absolute atomic E-state index is 0.0719. The molecule has 1 aromatic carbocycles. The lowest BCUT2D eigenvalue weighted by molar-refractivity contribution is -0.127. The highest BCUT2D eigenvalue weighted by Gasteiger charge is 2.19. The maximum Gasteiger partial charge on any atom is 0.277 e. The van der Waals surface area contributed by atoms with E-state index in [1.54, 1.807) is 29.2 Å². The van der Waals surface area contributed by atoms with Crippen molar-refractivity contribution in [2.24, 2.45) is 0 Å². The second kappa shape index (κ2) is 10.4. The zero-order valence-corrected chi connectivity index (χ0v) is 17.0. The van der Waals surface area contributed by atoms with Gasteiger partial charge in [-0.2, -0.15) is 0 Å². The van der Waals surface area contributed by atoms with Gasteiger partial charge in [0.15, 0.2) is 11.5 Å². The molecule has 1 amide bonds. The van der Waals surface area contributed by atoms with Gasteiger partial charge in [0.25, 0.3) is 5.22 Å². The van der Waals surface area contributed by atoms with E-state index in [0.29, 0.717) is 35.9 Å². The Bertz CT molecular complexity index is 802. The van der Waals surface area contributed by atoms with Gasteiger partial charge in [0, 0.05) is 18.7 Å². The zero-order chi connectivity index (χ0) is 20.5. The van der Waals surface area contributed by atoms with Gasteiger partial charge in [0.05, 0.1) is 27.1 Å². The van der Waals surface area contributed by atoms with Crippen LogP contribution >= 0.6 is 11.8 Å². The average molecular weight is 405 g/mol. The van der Waals surface area contributed by atoms with Crippen LogP contribution in [0, 0.1) is 0 Å². The van der Waals surface area contributed by atoms with E-state index in [1.165, 1.54) is 21.3 Å². The average Bonchev–Trinajstić information content (AvgIpc) is 3.19. The van der Waals surface area contributed by atoms with Gasteiger partial charge in [0.2, 0.25) is 17.5 Å². The molecule has 0 atom stereocenters. The molecule has 0 radical (unpaired) electrons. The molecular formula is C19H23N3O5S. The molecule has 0 N–H and O–H groups in total.